The van der Waals surface area contributed by atoms with Crippen LogP contribution in [0.5, 0.6) is 0 Å². The number of benzene rings is 1. The number of anilines is 1. The molecular formula is C15H20F3NS. The van der Waals surface area contributed by atoms with Crippen LogP contribution in [-0.4, -0.2) is 11.6 Å². The van der Waals surface area contributed by atoms with E-state index in [1.165, 1.54) is 12.5 Å². The molecule has 1 fully saturated rings. The van der Waals surface area contributed by atoms with Crippen LogP contribution in [0.3, 0.4) is 0 Å². The summed E-state index contributed by atoms with van der Waals surface area (Å²) in [7, 11) is 0. The van der Waals surface area contributed by atoms with Gasteiger partial charge in [-0.2, -0.15) is 13.2 Å². The first-order chi connectivity index (χ1) is 9.28. The Balaban J connectivity index is 2.16. The zero-order valence-corrected chi connectivity index (χ0v) is 12.6. The minimum Gasteiger partial charge on any atom is -0.381 e. The molecule has 0 aliphatic heterocycles. The molecule has 1 aromatic carbocycles. The highest BCUT2D eigenvalue weighted by Gasteiger charge is 2.34. The highest BCUT2D eigenvalue weighted by atomic mass is 32.2. The molecule has 1 saturated carbocycles. The van der Waals surface area contributed by atoms with Gasteiger partial charge in [-0.15, -0.1) is 0 Å². The predicted octanol–water partition coefficient (Wildman–Crippen LogP) is 5.68. The number of para-hydroxylation sites is 1. The van der Waals surface area contributed by atoms with Gasteiger partial charge in [0.1, 0.15) is 0 Å². The summed E-state index contributed by atoms with van der Waals surface area (Å²) >= 11 is -0.0464. The summed E-state index contributed by atoms with van der Waals surface area (Å²) in [5, 5.41) is 3.34. The second-order valence-electron chi connectivity index (χ2n) is 5.98. The van der Waals surface area contributed by atoms with E-state index in [-0.39, 0.29) is 28.1 Å². The molecule has 2 rings (SSSR count). The Labute approximate surface area is 122 Å². The minimum atomic E-state index is -4.25. The van der Waals surface area contributed by atoms with E-state index in [9.17, 15) is 13.2 Å². The first-order valence-corrected chi connectivity index (χ1v) is 7.71. The summed E-state index contributed by atoms with van der Waals surface area (Å²) in [4.78, 5) is 0.251. The van der Waals surface area contributed by atoms with Gasteiger partial charge in [-0.1, -0.05) is 38.8 Å². The Hall–Kier alpha value is -0.840. The van der Waals surface area contributed by atoms with Crippen molar-refractivity contribution in [2.75, 3.05) is 5.32 Å². The van der Waals surface area contributed by atoms with Gasteiger partial charge in [0.2, 0.25) is 0 Å². The average molecular weight is 303 g/mol. The van der Waals surface area contributed by atoms with Crippen LogP contribution < -0.4 is 5.32 Å². The topological polar surface area (TPSA) is 12.0 Å². The molecule has 1 unspecified atom stereocenters. The highest BCUT2D eigenvalue weighted by Crippen LogP contribution is 2.42. The van der Waals surface area contributed by atoms with Crippen molar-refractivity contribution < 1.29 is 13.2 Å². The predicted molar refractivity (Wildman–Crippen MR) is 78.0 cm³/mol. The van der Waals surface area contributed by atoms with Crippen LogP contribution in [0.2, 0.25) is 0 Å². The second kappa shape index (κ2) is 5.88. The van der Waals surface area contributed by atoms with Gasteiger partial charge in [0.05, 0.1) is 0 Å². The van der Waals surface area contributed by atoms with Crippen molar-refractivity contribution in [1.82, 2.24) is 0 Å². The fraction of sp³-hybridized carbons (Fsp3) is 0.600. The average Bonchev–Trinajstić information content (AvgIpc) is 2.32. The third-order valence-corrected chi connectivity index (χ3v) is 4.76. The quantitative estimate of drug-likeness (QED) is 0.721. The van der Waals surface area contributed by atoms with Crippen molar-refractivity contribution in [2.24, 2.45) is 5.41 Å². The molecule has 5 heteroatoms. The summed E-state index contributed by atoms with van der Waals surface area (Å²) < 4.78 is 37.8. The van der Waals surface area contributed by atoms with E-state index >= 15 is 0 Å². The Morgan fingerprint density at radius 2 is 1.90 bits per heavy atom. The van der Waals surface area contributed by atoms with E-state index in [2.05, 4.69) is 19.2 Å². The van der Waals surface area contributed by atoms with Gasteiger partial charge >= 0.3 is 5.51 Å². The molecule has 20 heavy (non-hydrogen) atoms. The number of halogens is 3. The van der Waals surface area contributed by atoms with Gasteiger partial charge in [-0.05, 0) is 42.2 Å². The van der Waals surface area contributed by atoms with Crippen LogP contribution in [0, 0.1) is 5.41 Å². The number of rotatable bonds is 3. The molecule has 0 heterocycles. The molecule has 0 aromatic heterocycles. The van der Waals surface area contributed by atoms with Crippen molar-refractivity contribution in [1.29, 1.82) is 0 Å². The molecule has 112 valence electrons. The molecule has 0 bridgehead atoms. The lowest BCUT2D eigenvalue weighted by atomic mass is 9.73. The number of hydrogen-bond donors (Lipinski definition) is 1. The summed E-state index contributed by atoms with van der Waals surface area (Å²) in [6.45, 7) is 4.37. The standard InChI is InChI=1S/C15H20F3NS/c1-14(2)10-6-5-9-13(14)19-11-7-3-4-8-12(11)20-15(16,17)18/h3-4,7-8,13,19H,5-6,9-10H2,1-2H3. The van der Waals surface area contributed by atoms with Crippen molar-refractivity contribution in [3.63, 3.8) is 0 Å². The summed E-state index contributed by atoms with van der Waals surface area (Å²) in [5.41, 5.74) is -3.54. The van der Waals surface area contributed by atoms with Crippen molar-refractivity contribution in [3.8, 4) is 0 Å². The van der Waals surface area contributed by atoms with E-state index in [1.54, 1.807) is 18.2 Å². The molecule has 0 saturated heterocycles. The minimum absolute atomic E-state index is 0.0464. The van der Waals surface area contributed by atoms with E-state index in [1.807, 2.05) is 0 Å². The fourth-order valence-electron chi connectivity index (χ4n) is 2.75. The Kier molecular flexibility index (Phi) is 4.57. The Morgan fingerprint density at radius 3 is 2.55 bits per heavy atom. The molecule has 1 nitrogen and oxygen atoms in total. The first-order valence-electron chi connectivity index (χ1n) is 6.89. The Bertz CT molecular complexity index is 457. The van der Waals surface area contributed by atoms with E-state index in [0.29, 0.717) is 5.69 Å². The summed E-state index contributed by atoms with van der Waals surface area (Å²) in [6, 6.07) is 6.91. The van der Waals surface area contributed by atoms with Gasteiger partial charge in [-0.25, -0.2) is 0 Å². The smallest absolute Gasteiger partial charge is 0.381 e. The van der Waals surface area contributed by atoms with Gasteiger partial charge in [0.15, 0.2) is 0 Å². The highest BCUT2D eigenvalue weighted by molar-refractivity contribution is 8.00. The number of nitrogens with one attached hydrogen (secondary N) is 1. The van der Waals surface area contributed by atoms with Crippen LogP contribution in [-0.2, 0) is 0 Å². The lowest BCUT2D eigenvalue weighted by molar-refractivity contribution is -0.0327. The first kappa shape index (κ1) is 15.5. The Morgan fingerprint density at radius 1 is 1.20 bits per heavy atom. The van der Waals surface area contributed by atoms with Crippen LogP contribution in [0.4, 0.5) is 18.9 Å². The number of hydrogen-bond acceptors (Lipinski definition) is 2. The van der Waals surface area contributed by atoms with Crippen LogP contribution >= 0.6 is 11.8 Å². The van der Waals surface area contributed by atoms with Gasteiger partial charge in [-0.3, -0.25) is 0 Å². The molecule has 1 N–H and O–H groups in total. The van der Waals surface area contributed by atoms with Crippen LogP contribution in [0.1, 0.15) is 39.5 Å². The molecular weight excluding hydrogens is 283 g/mol. The van der Waals surface area contributed by atoms with E-state index < -0.39 is 5.51 Å². The van der Waals surface area contributed by atoms with Gasteiger partial charge in [0, 0.05) is 16.6 Å². The van der Waals surface area contributed by atoms with Gasteiger partial charge in [0.25, 0.3) is 0 Å². The third-order valence-electron chi connectivity index (χ3n) is 3.95. The normalized spacial score (nSPS) is 22.6. The summed E-state index contributed by atoms with van der Waals surface area (Å²) in [5.74, 6) is 0. The monoisotopic (exact) mass is 303 g/mol. The van der Waals surface area contributed by atoms with E-state index in [4.69, 9.17) is 0 Å². The molecule has 0 radical (unpaired) electrons. The molecule has 1 aliphatic carbocycles. The van der Waals surface area contributed by atoms with E-state index in [0.717, 1.165) is 19.3 Å². The van der Waals surface area contributed by atoms with Gasteiger partial charge < -0.3 is 5.32 Å². The second-order valence-corrected chi connectivity index (χ2v) is 7.08. The molecule has 0 amide bonds. The largest absolute Gasteiger partial charge is 0.446 e. The zero-order valence-electron chi connectivity index (χ0n) is 11.8. The molecule has 1 aromatic rings. The SMILES string of the molecule is CC1(C)CCCCC1Nc1ccccc1SC(F)(F)F. The van der Waals surface area contributed by atoms with Crippen molar-refractivity contribution in [3.05, 3.63) is 24.3 Å². The van der Waals surface area contributed by atoms with Crippen molar-refractivity contribution >= 4 is 17.4 Å². The maximum Gasteiger partial charge on any atom is 0.446 e. The number of thioether (sulfide) groups is 1. The zero-order chi connectivity index (χ0) is 14.8. The van der Waals surface area contributed by atoms with Crippen LogP contribution in [0.15, 0.2) is 29.2 Å². The van der Waals surface area contributed by atoms with Crippen molar-refractivity contribution in [2.45, 2.75) is 56.0 Å². The van der Waals surface area contributed by atoms with Crippen LogP contribution in [0.25, 0.3) is 0 Å². The third kappa shape index (κ3) is 4.08. The number of alkyl halides is 3. The maximum absolute atomic E-state index is 12.6. The lowest BCUT2D eigenvalue weighted by Gasteiger charge is -2.40. The molecule has 0 spiro atoms. The summed E-state index contributed by atoms with van der Waals surface area (Å²) in [6.07, 6.45) is 4.46. The fourth-order valence-corrected chi connectivity index (χ4v) is 3.38. The molecule has 1 aliphatic rings. The lowest BCUT2D eigenvalue weighted by Crippen LogP contribution is -2.39. The molecule has 1 atom stereocenters. The maximum atomic E-state index is 12.6.